The molecule has 18 heavy (non-hydrogen) atoms. The number of hydrogen-bond acceptors (Lipinski definition) is 3. The Hall–Kier alpha value is -1.13. The van der Waals surface area contributed by atoms with E-state index in [0.29, 0.717) is 12.5 Å². The Labute approximate surface area is 113 Å². The van der Waals surface area contributed by atoms with Crippen molar-refractivity contribution in [3.8, 4) is 0 Å². The first kappa shape index (κ1) is 14.9. The molecule has 0 saturated carbocycles. The van der Waals surface area contributed by atoms with Crippen LogP contribution in [-0.4, -0.2) is 40.6 Å². The molecule has 1 aliphatic rings. The maximum absolute atomic E-state index is 10.5. The van der Waals surface area contributed by atoms with E-state index in [4.69, 9.17) is 5.11 Å². The molecule has 0 unspecified atom stereocenters. The number of aliphatic carboxylic acids is 1. The zero-order valence-electron chi connectivity index (χ0n) is 10.3. The van der Waals surface area contributed by atoms with Crippen LogP contribution in [0.4, 0.5) is 0 Å². The van der Waals surface area contributed by atoms with Gasteiger partial charge in [0.1, 0.15) is 0 Å². The van der Waals surface area contributed by atoms with E-state index in [0.717, 1.165) is 25.9 Å². The molecule has 1 aliphatic heterocycles. The molecule has 1 aromatic heterocycles. The predicted molar refractivity (Wildman–Crippen MR) is 72.2 cm³/mol. The van der Waals surface area contributed by atoms with Gasteiger partial charge in [-0.2, -0.15) is 0 Å². The number of aromatic nitrogens is 1. The monoisotopic (exact) mass is 270 g/mol. The normalized spacial score (nSPS) is 17.1. The summed E-state index contributed by atoms with van der Waals surface area (Å²) in [7, 11) is 0. The zero-order valence-corrected chi connectivity index (χ0v) is 11.1. The van der Waals surface area contributed by atoms with Crippen LogP contribution >= 0.6 is 12.4 Å². The van der Waals surface area contributed by atoms with E-state index in [1.165, 1.54) is 5.56 Å². The first-order valence-corrected chi connectivity index (χ1v) is 6.10. The van der Waals surface area contributed by atoms with Crippen LogP contribution < -0.4 is 0 Å². The Morgan fingerprint density at radius 3 is 2.72 bits per heavy atom. The van der Waals surface area contributed by atoms with Crippen molar-refractivity contribution >= 4 is 18.4 Å². The molecule has 0 bridgehead atoms. The zero-order chi connectivity index (χ0) is 12.1. The van der Waals surface area contributed by atoms with Crippen LogP contribution in [0.1, 0.15) is 30.7 Å². The quantitative estimate of drug-likeness (QED) is 0.911. The largest absolute Gasteiger partial charge is 0.481 e. The number of nitrogens with zero attached hydrogens (tertiary/aromatic N) is 2. The van der Waals surface area contributed by atoms with Gasteiger partial charge in [-0.05, 0) is 43.5 Å². The van der Waals surface area contributed by atoms with Gasteiger partial charge in [0.15, 0.2) is 0 Å². The first-order chi connectivity index (χ1) is 8.25. The average Bonchev–Trinajstić information content (AvgIpc) is 2.38. The van der Waals surface area contributed by atoms with Crippen LogP contribution in [0, 0.1) is 0 Å². The molecule has 1 aromatic rings. The predicted octanol–water partition coefficient (Wildman–Crippen LogP) is 2.16. The maximum atomic E-state index is 10.5. The Morgan fingerprint density at radius 2 is 2.17 bits per heavy atom. The number of halogens is 1. The molecule has 0 atom stereocenters. The second-order valence-corrected chi connectivity index (χ2v) is 4.55. The highest BCUT2D eigenvalue weighted by atomic mass is 35.5. The van der Waals surface area contributed by atoms with Crippen molar-refractivity contribution in [2.75, 3.05) is 19.6 Å². The molecule has 0 radical (unpaired) electrons. The van der Waals surface area contributed by atoms with Crippen LogP contribution in [0.5, 0.6) is 0 Å². The van der Waals surface area contributed by atoms with Crippen molar-refractivity contribution in [2.45, 2.75) is 25.2 Å². The number of rotatable bonds is 4. The van der Waals surface area contributed by atoms with Crippen molar-refractivity contribution in [1.29, 1.82) is 0 Å². The molecule has 1 saturated heterocycles. The fraction of sp³-hybridized carbons (Fsp3) is 0.538. The summed E-state index contributed by atoms with van der Waals surface area (Å²) >= 11 is 0. The molecule has 5 heteroatoms. The number of piperidine rings is 1. The summed E-state index contributed by atoms with van der Waals surface area (Å²) in [6.45, 7) is 2.66. The number of carbonyl (C=O) groups is 1. The van der Waals surface area contributed by atoms with Gasteiger partial charge in [-0.25, -0.2) is 0 Å². The third-order valence-corrected chi connectivity index (χ3v) is 3.39. The maximum Gasteiger partial charge on any atom is 0.304 e. The van der Waals surface area contributed by atoms with Gasteiger partial charge in [0, 0.05) is 18.9 Å². The summed E-state index contributed by atoms with van der Waals surface area (Å²) in [6, 6.07) is 4.11. The summed E-state index contributed by atoms with van der Waals surface area (Å²) in [4.78, 5) is 16.9. The van der Waals surface area contributed by atoms with Gasteiger partial charge in [-0.1, -0.05) is 6.07 Å². The van der Waals surface area contributed by atoms with E-state index >= 15 is 0 Å². The van der Waals surface area contributed by atoms with Crippen molar-refractivity contribution in [1.82, 2.24) is 9.88 Å². The van der Waals surface area contributed by atoms with Crippen molar-refractivity contribution in [3.63, 3.8) is 0 Å². The summed E-state index contributed by atoms with van der Waals surface area (Å²) in [5, 5.41) is 8.64. The van der Waals surface area contributed by atoms with Gasteiger partial charge >= 0.3 is 5.97 Å². The summed E-state index contributed by atoms with van der Waals surface area (Å²) in [6.07, 6.45) is 6.19. The molecule has 2 heterocycles. The minimum absolute atomic E-state index is 0. The minimum atomic E-state index is -0.709. The van der Waals surface area contributed by atoms with E-state index in [9.17, 15) is 4.79 Å². The topological polar surface area (TPSA) is 53.4 Å². The number of carboxylic acids is 1. The van der Waals surface area contributed by atoms with Gasteiger partial charge in [-0.3, -0.25) is 9.78 Å². The summed E-state index contributed by atoms with van der Waals surface area (Å²) in [5.41, 5.74) is 1.31. The smallest absolute Gasteiger partial charge is 0.304 e. The number of pyridine rings is 1. The van der Waals surface area contributed by atoms with Crippen molar-refractivity contribution in [2.24, 2.45) is 0 Å². The second kappa shape index (κ2) is 7.34. The van der Waals surface area contributed by atoms with E-state index in [1.807, 2.05) is 12.3 Å². The van der Waals surface area contributed by atoms with E-state index < -0.39 is 5.97 Å². The number of carboxylic acid groups (broad SMARTS) is 1. The highest BCUT2D eigenvalue weighted by Gasteiger charge is 2.20. The lowest BCUT2D eigenvalue weighted by Gasteiger charge is -2.31. The van der Waals surface area contributed by atoms with Gasteiger partial charge in [0.05, 0.1) is 6.42 Å². The SMILES string of the molecule is Cl.O=C(O)CCN1CCC(c2cccnc2)CC1. The fourth-order valence-corrected chi connectivity index (χ4v) is 2.36. The molecule has 1 N–H and O–H groups in total. The lowest BCUT2D eigenvalue weighted by molar-refractivity contribution is -0.137. The summed E-state index contributed by atoms with van der Waals surface area (Å²) < 4.78 is 0. The van der Waals surface area contributed by atoms with Gasteiger partial charge < -0.3 is 10.0 Å². The minimum Gasteiger partial charge on any atom is -0.481 e. The molecule has 0 spiro atoms. The molecule has 4 nitrogen and oxygen atoms in total. The third kappa shape index (κ3) is 4.27. The molecular weight excluding hydrogens is 252 g/mol. The molecule has 100 valence electrons. The molecule has 2 rings (SSSR count). The van der Waals surface area contributed by atoms with Gasteiger partial charge in [-0.15, -0.1) is 12.4 Å². The lowest BCUT2D eigenvalue weighted by Crippen LogP contribution is -2.34. The first-order valence-electron chi connectivity index (χ1n) is 6.10. The molecule has 0 aromatic carbocycles. The van der Waals surface area contributed by atoms with Gasteiger partial charge in [0.2, 0.25) is 0 Å². The average molecular weight is 271 g/mol. The van der Waals surface area contributed by atoms with Crippen molar-refractivity contribution in [3.05, 3.63) is 30.1 Å². The van der Waals surface area contributed by atoms with Crippen LogP contribution in [0.25, 0.3) is 0 Å². The van der Waals surface area contributed by atoms with E-state index in [-0.39, 0.29) is 18.8 Å². The summed E-state index contributed by atoms with van der Waals surface area (Å²) in [5.74, 6) is -0.121. The Kier molecular flexibility index (Phi) is 6.09. The van der Waals surface area contributed by atoms with Crippen LogP contribution in [0.3, 0.4) is 0 Å². The van der Waals surface area contributed by atoms with Crippen LogP contribution in [0.15, 0.2) is 24.5 Å². The number of likely N-dealkylation sites (tertiary alicyclic amines) is 1. The molecular formula is C13H19ClN2O2. The highest BCUT2D eigenvalue weighted by Crippen LogP contribution is 2.27. The van der Waals surface area contributed by atoms with Crippen LogP contribution in [0.2, 0.25) is 0 Å². The lowest BCUT2D eigenvalue weighted by atomic mass is 9.90. The van der Waals surface area contributed by atoms with Gasteiger partial charge in [0.25, 0.3) is 0 Å². The molecule has 0 amide bonds. The van der Waals surface area contributed by atoms with E-state index in [1.54, 1.807) is 6.20 Å². The third-order valence-electron chi connectivity index (χ3n) is 3.39. The molecule has 0 aliphatic carbocycles. The standard InChI is InChI=1S/C13H18N2O2.ClH/c16-13(17)5-9-15-7-3-11(4-8-15)12-2-1-6-14-10-12;/h1-2,6,10-11H,3-5,7-9H2,(H,16,17);1H. The molecule has 1 fully saturated rings. The highest BCUT2D eigenvalue weighted by molar-refractivity contribution is 5.85. The Bertz CT molecular complexity index is 365. The van der Waals surface area contributed by atoms with E-state index in [2.05, 4.69) is 16.0 Å². The van der Waals surface area contributed by atoms with Crippen molar-refractivity contribution < 1.29 is 9.90 Å². The number of hydrogen-bond donors (Lipinski definition) is 1. The fourth-order valence-electron chi connectivity index (χ4n) is 2.36. The van der Waals surface area contributed by atoms with Crippen LogP contribution in [-0.2, 0) is 4.79 Å². The Morgan fingerprint density at radius 1 is 1.44 bits per heavy atom. The second-order valence-electron chi connectivity index (χ2n) is 4.55. The Balaban J connectivity index is 0.00000162.